The second-order valence-electron chi connectivity index (χ2n) is 2.07. The van der Waals surface area contributed by atoms with E-state index in [0.29, 0.717) is 0 Å². The van der Waals surface area contributed by atoms with Gasteiger partial charge in [-0.15, -0.1) is 0 Å². The van der Waals surface area contributed by atoms with Crippen molar-refractivity contribution < 1.29 is 35.1 Å². The largest absolute Gasteiger partial charge is 0.376 e. The molecule has 0 N–H and O–H groups in total. The lowest BCUT2D eigenvalue weighted by Gasteiger charge is -2.23. The summed E-state index contributed by atoms with van der Waals surface area (Å²) in [6.45, 7) is 0. The van der Waals surface area contributed by atoms with E-state index in [1.807, 2.05) is 0 Å². The lowest BCUT2D eigenvalue weighted by Crippen LogP contribution is -2.47. The zero-order valence-corrected chi connectivity index (χ0v) is 6.73. The molecule has 9 heteroatoms. The summed E-state index contributed by atoms with van der Waals surface area (Å²) in [5.41, 5.74) is 0. The van der Waals surface area contributed by atoms with E-state index in [9.17, 15) is 35.1 Å². The van der Waals surface area contributed by atoms with Crippen molar-refractivity contribution >= 4 is 11.6 Å². The average Bonchev–Trinajstić information content (AvgIpc) is 2.01. The molecule has 0 fully saturated rings. The van der Waals surface area contributed by atoms with E-state index in [0.717, 1.165) is 0 Å². The van der Waals surface area contributed by atoms with Crippen LogP contribution in [0.5, 0.6) is 0 Å². The fourth-order valence-electron chi connectivity index (χ4n) is 0.402. The first-order valence-electron chi connectivity index (χ1n) is 2.80. The van der Waals surface area contributed by atoms with Crippen LogP contribution in [0.15, 0.2) is 11.1 Å². The Labute approximate surface area is 77.1 Å². The Morgan fingerprint density at radius 2 is 1.36 bits per heavy atom. The molecule has 0 aliphatic heterocycles. The first-order valence-corrected chi connectivity index (χ1v) is 3.18. The van der Waals surface area contributed by atoms with Crippen LogP contribution >= 0.6 is 11.6 Å². The lowest BCUT2D eigenvalue weighted by molar-refractivity contribution is -0.253. The molecule has 0 radical (unpaired) electrons. The molecular weight excluding hydrogens is 247 g/mol. The van der Waals surface area contributed by atoms with Gasteiger partial charge in [-0.1, -0.05) is 0 Å². The minimum Gasteiger partial charge on any atom is -0.203 e. The number of hydrogen-bond acceptors (Lipinski definition) is 0. The normalized spacial score (nSPS) is 15.9. The molecule has 0 rings (SSSR count). The molecular formula is C5HClF8. The fraction of sp³-hybridized carbons (Fsp3) is 0.600. The second kappa shape index (κ2) is 3.92. The summed E-state index contributed by atoms with van der Waals surface area (Å²) in [6.07, 6.45) is -4.85. The quantitative estimate of drug-likeness (QED) is 0.665. The Morgan fingerprint density at radius 1 is 1.00 bits per heavy atom. The molecule has 14 heavy (non-hydrogen) atoms. The summed E-state index contributed by atoms with van der Waals surface area (Å²) >= 11 is 4.00. The predicted molar refractivity (Wildman–Crippen MR) is 31.0 cm³/mol. The number of hydrogen-bond donors (Lipinski definition) is 0. The third-order valence-corrected chi connectivity index (χ3v) is 1.30. The smallest absolute Gasteiger partial charge is 0.203 e. The maximum Gasteiger partial charge on any atom is 0.376 e. The monoisotopic (exact) mass is 248 g/mol. The van der Waals surface area contributed by atoms with Gasteiger partial charge in [0.1, 0.15) is 0 Å². The topological polar surface area (TPSA) is 0 Å². The first kappa shape index (κ1) is 13.5. The van der Waals surface area contributed by atoms with Gasteiger partial charge in [0.05, 0.1) is 0 Å². The van der Waals surface area contributed by atoms with Gasteiger partial charge in [0.25, 0.3) is 0 Å². The van der Waals surface area contributed by atoms with Crippen molar-refractivity contribution in [3.63, 3.8) is 0 Å². The summed E-state index contributed by atoms with van der Waals surface area (Å²) < 4.78 is 94.3. The molecule has 0 aromatic heterocycles. The zero-order valence-electron chi connectivity index (χ0n) is 5.98. The molecule has 0 aliphatic rings. The van der Waals surface area contributed by atoms with E-state index in [1.165, 1.54) is 0 Å². The number of rotatable bonds is 3. The molecule has 0 bridgehead atoms. The number of halogens is 9. The summed E-state index contributed by atoms with van der Waals surface area (Å²) in [5.74, 6) is -15.4. The highest BCUT2D eigenvalue weighted by Crippen LogP contribution is 2.45. The Bertz CT molecular complexity index is 240. The maximum atomic E-state index is 12.1. The average molecular weight is 248 g/mol. The first-order chi connectivity index (χ1) is 6.05. The highest BCUT2D eigenvalue weighted by Gasteiger charge is 2.66. The van der Waals surface area contributed by atoms with E-state index < -0.39 is 29.4 Å². The Morgan fingerprint density at radius 3 is 1.57 bits per heavy atom. The van der Waals surface area contributed by atoms with Gasteiger partial charge in [0.15, 0.2) is 0 Å². The van der Waals surface area contributed by atoms with Gasteiger partial charge in [-0.25, -0.2) is 13.2 Å². The van der Waals surface area contributed by atoms with E-state index in [-0.39, 0.29) is 0 Å². The van der Waals surface area contributed by atoms with Crippen LogP contribution in [0.2, 0.25) is 0 Å². The van der Waals surface area contributed by atoms with Gasteiger partial charge in [-0.3, -0.25) is 0 Å². The van der Waals surface area contributed by atoms with Crippen molar-refractivity contribution in [3.05, 3.63) is 11.1 Å². The summed E-state index contributed by atoms with van der Waals surface area (Å²) in [5, 5.41) is -2.80. The third-order valence-electron chi connectivity index (χ3n) is 1.13. The van der Waals surface area contributed by atoms with Gasteiger partial charge in [0, 0.05) is 0 Å². The SMILES string of the molecule is FC(Cl)=C(F)C(F)(F)C(F)(F)C(F)F. The van der Waals surface area contributed by atoms with Crippen LogP contribution in [0.4, 0.5) is 35.1 Å². The van der Waals surface area contributed by atoms with Gasteiger partial charge in [-0.05, 0) is 11.6 Å². The lowest BCUT2D eigenvalue weighted by atomic mass is 10.1. The summed E-state index contributed by atoms with van der Waals surface area (Å²) in [7, 11) is 0. The predicted octanol–water partition coefficient (Wildman–Crippen LogP) is 3.87. The van der Waals surface area contributed by atoms with E-state index in [1.54, 1.807) is 0 Å². The van der Waals surface area contributed by atoms with Crippen molar-refractivity contribution in [2.24, 2.45) is 0 Å². The number of allylic oxidation sites excluding steroid dienone is 1. The fourth-order valence-corrected chi connectivity index (χ4v) is 0.521. The highest BCUT2D eigenvalue weighted by molar-refractivity contribution is 6.28. The molecule has 0 spiro atoms. The highest BCUT2D eigenvalue weighted by atomic mass is 35.5. The molecule has 0 saturated heterocycles. The van der Waals surface area contributed by atoms with Gasteiger partial charge >= 0.3 is 18.3 Å². The maximum absolute atomic E-state index is 12.1. The van der Waals surface area contributed by atoms with Crippen LogP contribution in [0.25, 0.3) is 0 Å². The van der Waals surface area contributed by atoms with Crippen molar-refractivity contribution in [2.45, 2.75) is 18.3 Å². The van der Waals surface area contributed by atoms with E-state index >= 15 is 0 Å². The van der Waals surface area contributed by atoms with E-state index in [4.69, 9.17) is 0 Å². The summed E-state index contributed by atoms with van der Waals surface area (Å²) in [4.78, 5) is 0. The minimum atomic E-state index is -6.02. The Kier molecular flexibility index (Phi) is 3.77. The zero-order chi connectivity index (χ0) is 11.7. The van der Waals surface area contributed by atoms with E-state index in [2.05, 4.69) is 11.6 Å². The molecule has 0 unspecified atom stereocenters. The molecule has 0 aliphatic carbocycles. The Balaban J connectivity index is 5.26. The van der Waals surface area contributed by atoms with Gasteiger partial charge < -0.3 is 0 Å². The molecule has 0 saturated carbocycles. The van der Waals surface area contributed by atoms with Crippen molar-refractivity contribution in [1.82, 2.24) is 0 Å². The van der Waals surface area contributed by atoms with Crippen molar-refractivity contribution in [2.75, 3.05) is 0 Å². The van der Waals surface area contributed by atoms with Crippen LogP contribution in [0.1, 0.15) is 0 Å². The minimum absolute atomic E-state index is 2.80. The van der Waals surface area contributed by atoms with Crippen molar-refractivity contribution in [3.8, 4) is 0 Å². The summed E-state index contributed by atoms with van der Waals surface area (Å²) in [6, 6.07) is 0. The van der Waals surface area contributed by atoms with Crippen LogP contribution in [-0.2, 0) is 0 Å². The molecule has 0 nitrogen and oxygen atoms in total. The van der Waals surface area contributed by atoms with Crippen LogP contribution < -0.4 is 0 Å². The molecule has 0 aromatic rings. The molecule has 0 heterocycles. The number of alkyl halides is 6. The van der Waals surface area contributed by atoms with Crippen LogP contribution in [0, 0.1) is 0 Å². The molecule has 0 atom stereocenters. The molecule has 84 valence electrons. The van der Waals surface area contributed by atoms with Gasteiger partial charge in [0.2, 0.25) is 11.1 Å². The standard InChI is InChI=1S/C5HClF8/c6-2(8)1(7)4(11,12)5(13,14)3(9)10/h3H. The van der Waals surface area contributed by atoms with Crippen LogP contribution in [0.3, 0.4) is 0 Å². The molecule has 0 aromatic carbocycles. The Hall–Kier alpha value is -0.530. The second-order valence-corrected chi connectivity index (χ2v) is 2.40. The van der Waals surface area contributed by atoms with Crippen LogP contribution in [-0.4, -0.2) is 18.3 Å². The van der Waals surface area contributed by atoms with Gasteiger partial charge in [-0.2, -0.15) is 22.0 Å². The van der Waals surface area contributed by atoms with Crippen molar-refractivity contribution in [1.29, 1.82) is 0 Å². The third kappa shape index (κ3) is 2.10. The molecule has 0 amide bonds.